The quantitative estimate of drug-likeness (QED) is 0.633. The van der Waals surface area contributed by atoms with Gasteiger partial charge >= 0.3 is 0 Å². The highest BCUT2D eigenvalue weighted by molar-refractivity contribution is 4.82. The van der Waals surface area contributed by atoms with E-state index in [-0.39, 0.29) is 0 Å². The Morgan fingerprint density at radius 2 is 2.00 bits per heavy atom. The minimum absolute atomic E-state index is 0.910. The molecule has 1 rings (SSSR count). The molecule has 0 saturated heterocycles. The second-order valence-electron chi connectivity index (χ2n) is 3.90. The van der Waals surface area contributed by atoms with Gasteiger partial charge in [0.25, 0.3) is 0 Å². The Morgan fingerprint density at radius 3 is 2.40 bits per heavy atom. The van der Waals surface area contributed by atoms with Crippen LogP contribution >= 0.6 is 0 Å². The van der Waals surface area contributed by atoms with Crippen LogP contribution in [-0.4, -0.2) is 13.6 Å². The van der Waals surface area contributed by atoms with Crippen molar-refractivity contribution in [3.05, 3.63) is 0 Å². The third-order valence-electron chi connectivity index (χ3n) is 2.71. The first-order chi connectivity index (χ1) is 4.74. The maximum Gasteiger partial charge on any atom is -0.00233 e. The van der Waals surface area contributed by atoms with Crippen LogP contribution in [0.2, 0.25) is 0 Å². The van der Waals surface area contributed by atoms with Crippen molar-refractivity contribution < 1.29 is 0 Å². The van der Waals surface area contributed by atoms with Gasteiger partial charge < -0.3 is 5.32 Å². The van der Waals surface area contributed by atoms with Gasteiger partial charge in [-0.05, 0) is 44.2 Å². The molecule has 0 atom stereocenters. The molecule has 0 bridgehead atoms. The predicted molar refractivity (Wildman–Crippen MR) is 45.0 cm³/mol. The van der Waals surface area contributed by atoms with E-state index >= 15 is 0 Å². The number of hydrogen-bond donors (Lipinski definition) is 1. The fourth-order valence-electron chi connectivity index (χ4n) is 1.79. The molecule has 0 radical (unpaired) electrons. The molecule has 0 aromatic carbocycles. The summed E-state index contributed by atoms with van der Waals surface area (Å²) in [5, 5.41) is 3.23. The van der Waals surface area contributed by atoms with Gasteiger partial charge in [0, 0.05) is 0 Å². The van der Waals surface area contributed by atoms with Crippen LogP contribution in [0, 0.1) is 17.8 Å². The fraction of sp³-hybridized carbons (Fsp3) is 1.00. The van der Waals surface area contributed by atoms with Gasteiger partial charge in [-0.2, -0.15) is 0 Å². The van der Waals surface area contributed by atoms with Crippen LogP contribution in [0.4, 0.5) is 0 Å². The summed E-state index contributed by atoms with van der Waals surface area (Å²) in [5.74, 6) is 2.92. The summed E-state index contributed by atoms with van der Waals surface area (Å²) in [6.45, 7) is 5.89. The number of nitrogens with one attached hydrogen (secondary N) is 1. The third-order valence-corrected chi connectivity index (χ3v) is 2.71. The summed E-state index contributed by atoms with van der Waals surface area (Å²) in [6, 6.07) is 0. The van der Waals surface area contributed by atoms with Gasteiger partial charge in [-0.25, -0.2) is 0 Å². The second-order valence-corrected chi connectivity index (χ2v) is 3.90. The zero-order valence-corrected chi connectivity index (χ0v) is 7.35. The molecule has 1 aliphatic rings. The molecule has 1 nitrogen and oxygen atoms in total. The monoisotopic (exact) mass is 141 g/mol. The average molecular weight is 141 g/mol. The van der Waals surface area contributed by atoms with Crippen LogP contribution < -0.4 is 5.32 Å². The van der Waals surface area contributed by atoms with E-state index in [1.165, 1.54) is 19.4 Å². The van der Waals surface area contributed by atoms with Crippen molar-refractivity contribution in [3.8, 4) is 0 Å². The maximum atomic E-state index is 3.23. The largest absolute Gasteiger partial charge is 0.319 e. The van der Waals surface area contributed by atoms with Crippen molar-refractivity contribution in [2.45, 2.75) is 26.7 Å². The summed E-state index contributed by atoms with van der Waals surface area (Å²) in [6.07, 6.45) is 2.91. The predicted octanol–water partition coefficient (Wildman–Crippen LogP) is 1.89. The minimum atomic E-state index is 0.910. The summed E-state index contributed by atoms with van der Waals surface area (Å²) < 4.78 is 0. The molecule has 0 spiro atoms. The highest BCUT2D eigenvalue weighted by atomic mass is 14.8. The Morgan fingerprint density at radius 1 is 1.40 bits per heavy atom. The van der Waals surface area contributed by atoms with Gasteiger partial charge in [-0.1, -0.05) is 13.8 Å². The average Bonchev–Trinajstić information content (AvgIpc) is 1.76. The molecule has 1 N–H and O–H groups in total. The lowest BCUT2D eigenvalue weighted by Crippen LogP contribution is -2.33. The summed E-state index contributed by atoms with van der Waals surface area (Å²) >= 11 is 0. The van der Waals surface area contributed by atoms with E-state index in [4.69, 9.17) is 0 Å². The molecule has 0 unspecified atom stereocenters. The molecule has 10 heavy (non-hydrogen) atoms. The van der Waals surface area contributed by atoms with Crippen molar-refractivity contribution in [1.82, 2.24) is 5.32 Å². The van der Waals surface area contributed by atoms with Gasteiger partial charge in [-0.3, -0.25) is 0 Å². The van der Waals surface area contributed by atoms with Crippen molar-refractivity contribution in [2.75, 3.05) is 13.6 Å². The van der Waals surface area contributed by atoms with Crippen molar-refractivity contribution in [1.29, 1.82) is 0 Å². The van der Waals surface area contributed by atoms with E-state index < -0.39 is 0 Å². The second kappa shape index (κ2) is 3.38. The Hall–Kier alpha value is -0.0400. The maximum absolute atomic E-state index is 3.23. The fourth-order valence-corrected chi connectivity index (χ4v) is 1.79. The van der Waals surface area contributed by atoms with Crippen LogP contribution in [0.3, 0.4) is 0 Å². The molecule has 60 valence electrons. The highest BCUT2D eigenvalue weighted by Gasteiger charge is 2.29. The zero-order chi connectivity index (χ0) is 7.56. The van der Waals surface area contributed by atoms with Gasteiger partial charge in [0.1, 0.15) is 0 Å². The van der Waals surface area contributed by atoms with Crippen molar-refractivity contribution in [2.24, 2.45) is 17.8 Å². The van der Waals surface area contributed by atoms with Crippen molar-refractivity contribution in [3.63, 3.8) is 0 Å². The van der Waals surface area contributed by atoms with Crippen LogP contribution in [0.25, 0.3) is 0 Å². The summed E-state index contributed by atoms with van der Waals surface area (Å²) in [4.78, 5) is 0. The molecule has 1 saturated carbocycles. The normalized spacial score (nSPS) is 32.4. The van der Waals surface area contributed by atoms with E-state index in [0.717, 1.165) is 17.8 Å². The van der Waals surface area contributed by atoms with Crippen LogP contribution in [0.15, 0.2) is 0 Å². The van der Waals surface area contributed by atoms with Crippen molar-refractivity contribution >= 4 is 0 Å². The first-order valence-corrected chi connectivity index (χ1v) is 4.38. The molecular weight excluding hydrogens is 122 g/mol. The first kappa shape index (κ1) is 8.06. The summed E-state index contributed by atoms with van der Waals surface area (Å²) in [5.41, 5.74) is 0. The molecule has 0 heterocycles. The van der Waals surface area contributed by atoms with Crippen LogP contribution in [0.1, 0.15) is 26.7 Å². The van der Waals surface area contributed by atoms with Gasteiger partial charge in [0.2, 0.25) is 0 Å². The molecule has 0 aromatic rings. The number of rotatable bonds is 3. The van der Waals surface area contributed by atoms with E-state index in [1.54, 1.807) is 0 Å². The zero-order valence-electron chi connectivity index (χ0n) is 7.35. The molecule has 1 aliphatic carbocycles. The van der Waals surface area contributed by atoms with Gasteiger partial charge in [-0.15, -0.1) is 0 Å². The Balaban J connectivity index is 2.06. The Bertz CT molecular complexity index is 92.9. The molecule has 0 aromatic heterocycles. The standard InChI is InChI=1S/C9H19N/c1-7(2)9-4-8(5-9)6-10-3/h7-10H,4-6H2,1-3H3. The molecule has 0 aliphatic heterocycles. The SMILES string of the molecule is CNCC1CC(C(C)C)C1. The summed E-state index contributed by atoms with van der Waals surface area (Å²) in [7, 11) is 2.04. The van der Waals surface area contributed by atoms with E-state index in [9.17, 15) is 0 Å². The third kappa shape index (κ3) is 1.72. The van der Waals surface area contributed by atoms with E-state index in [0.29, 0.717) is 0 Å². The first-order valence-electron chi connectivity index (χ1n) is 4.38. The lowest BCUT2D eigenvalue weighted by molar-refractivity contribution is 0.141. The topological polar surface area (TPSA) is 12.0 Å². The minimum Gasteiger partial charge on any atom is -0.319 e. The molecule has 0 amide bonds. The molecule has 1 heteroatoms. The van der Waals surface area contributed by atoms with Gasteiger partial charge in [0.05, 0.1) is 0 Å². The molecule has 1 fully saturated rings. The number of hydrogen-bond acceptors (Lipinski definition) is 1. The lowest BCUT2D eigenvalue weighted by Gasteiger charge is -2.38. The smallest absolute Gasteiger partial charge is 0.00233 e. The van der Waals surface area contributed by atoms with Crippen LogP contribution in [0.5, 0.6) is 0 Å². The van der Waals surface area contributed by atoms with E-state index in [1.807, 2.05) is 7.05 Å². The van der Waals surface area contributed by atoms with Gasteiger partial charge in [0.15, 0.2) is 0 Å². The molecular formula is C9H19N. The lowest BCUT2D eigenvalue weighted by atomic mass is 9.69. The Labute approximate surface area is 64.2 Å². The Kier molecular flexibility index (Phi) is 2.72. The highest BCUT2D eigenvalue weighted by Crippen LogP contribution is 2.37. The van der Waals surface area contributed by atoms with E-state index in [2.05, 4.69) is 19.2 Å². The van der Waals surface area contributed by atoms with Crippen LogP contribution in [-0.2, 0) is 0 Å².